The highest BCUT2D eigenvalue weighted by Crippen LogP contribution is 2.29. The van der Waals surface area contributed by atoms with Gasteiger partial charge in [0.2, 0.25) is 5.91 Å². The molecule has 5 heteroatoms. The molecule has 0 aromatic heterocycles. The number of amides is 1. The second kappa shape index (κ2) is 4.81. The number of nitrogens with zero attached hydrogens (tertiary/aromatic N) is 1. The van der Waals surface area contributed by atoms with Crippen molar-refractivity contribution in [2.24, 2.45) is 11.8 Å². The maximum atomic E-state index is 12.5. The van der Waals surface area contributed by atoms with Crippen molar-refractivity contribution in [2.75, 3.05) is 18.4 Å². The van der Waals surface area contributed by atoms with Crippen LogP contribution >= 0.6 is 0 Å². The fraction of sp³-hybridized carbons (Fsp3) is 0.467. The highest BCUT2D eigenvalue weighted by Gasteiger charge is 2.40. The molecule has 0 aliphatic carbocycles. The fourth-order valence-electron chi connectivity index (χ4n) is 3.14. The number of anilines is 1. The van der Waals surface area contributed by atoms with E-state index in [0.29, 0.717) is 19.5 Å². The molecule has 0 spiro atoms. The van der Waals surface area contributed by atoms with E-state index in [9.17, 15) is 9.59 Å². The van der Waals surface area contributed by atoms with E-state index < -0.39 is 11.9 Å². The number of para-hydroxylation sites is 1. The van der Waals surface area contributed by atoms with Gasteiger partial charge in [0, 0.05) is 25.2 Å². The van der Waals surface area contributed by atoms with Gasteiger partial charge >= 0.3 is 5.97 Å². The van der Waals surface area contributed by atoms with Gasteiger partial charge in [-0.3, -0.25) is 9.59 Å². The van der Waals surface area contributed by atoms with Gasteiger partial charge in [-0.2, -0.15) is 0 Å². The summed E-state index contributed by atoms with van der Waals surface area (Å²) in [5.41, 5.74) is 2.15. The van der Waals surface area contributed by atoms with Crippen molar-refractivity contribution in [3.8, 4) is 0 Å². The summed E-state index contributed by atoms with van der Waals surface area (Å²) >= 11 is 0. The molecule has 20 heavy (non-hydrogen) atoms. The van der Waals surface area contributed by atoms with E-state index in [-0.39, 0.29) is 17.9 Å². The molecule has 1 amide bonds. The van der Waals surface area contributed by atoms with Crippen LogP contribution in [0.1, 0.15) is 12.5 Å². The third-order valence-electron chi connectivity index (χ3n) is 4.31. The lowest BCUT2D eigenvalue weighted by atomic mass is 9.99. The third-order valence-corrected chi connectivity index (χ3v) is 4.31. The zero-order valence-corrected chi connectivity index (χ0v) is 11.4. The first-order valence-corrected chi connectivity index (χ1v) is 6.92. The maximum Gasteiger partial charge on any atom is 0.308 e. The fourth-order valence-corrected chi connectivity index (χ4v) is 3.14. The Bertz CT molecular complexity index is 533. The Balaban J connectivity index is 1.69. The van der Waals surface area contributed by atoms with Crippen LogP contribution < -0.4 is 5.32 Å². The lowest BCUT2D eigenvalue weighted by Crippen LogP contribution is -2.41. The lowest BCUT2D eigenvalue weighted by Gasteiger charge is -2.20. The van der Waals surface area contributed by atoms with Crippen LogP contribution in [0.15, 0.2) is 24.3 Å². The monoisotopic (exact) mass is 274 g/mol. The molecule has 1 aromatic carbocycles. The lowest BCUT2D eigenvalue weighted by molar-refractivity contribution is -0.142. The van der Waals surface area contributed by atoms with Crippen LogP contribution in [0.25, 0.3) is 0 Å². The van der Waals surface area contributed by atoms with Crippen LogP contribution in [0.4, 0.5) is 5.69 Å². The van der Waals surface area contributed by atoms with Gasteiger partial charge in [-0.1, -0.05) is 25.1 Å². The Kier molecular flexibility index (Phi) is 3.12. The SMILES string of the molecule is C[C@@H]1CN(C(=O)[C@@H]2Cc3ccccc3N2)C[C@H]1C(=O)O. The number of hydrogen-bond acceptors (Lipinski definition) is 3. The van der Waals surface area contributed by atoms with E-state index in [4.69, 9.17) is 5.11 Å². The molecule has 5 nitrogen and oxygen atoms in total. The largest absolute Gasteiger partial charge is 0.481 e. The van der Waals surface area contributed by atoms with E-state index >= 15 is 0 Å². The molecule has 2 aliphatic rings. The van der Waals surface area contributed by atoms with Crippen molar-refractivity contribution < 1.29 is 14.7 Å². The summed E-state index contributed by atoms with van der Waals surface area (Å²) in [6, 6.07) is 7.63. The Morgan fingerprint density at radius 1 is 1.30 bits per heavy atom. The number of carboxylic acids is 1. The molecule has 2 N–H and O–H groups in total. The average molecular weight is 274 g/mol. The Hall–Kier alpha value is -2.04. The zero-order chi connectivity index (χ0) is 14.3. The van der Waals surface area contributed by atoms with Crippen molar-refractivity contribution >= 4 is 17.6 Å². The molecule has 0 unspecified atom stereocenters. The first-order valence-electron chi connectivity index (χ1n) is 6.92. The van der Waals surface area contributed by atoms with Crippen LogP contribution in [-0.2, 0) is 16.0 Å². The predicted molar refractivity (Wildman–Crippen MR) is 74.4 cm³/mol. The normalized spacial score (nSPS) is 28.1. The van der Waals surface area contributed by atoms with Gasteiger partial charge in [0.1, 0.15) is 6.04 Å². The number of aliphatic carboxylic acids is 1. The van der Waals surface area contributed by atoms with Crippen LogP contribution in [0.2, 0.25) is 0 Å². The van der Waals surface area contributed by atoms with Crippen molar-refractivity contribution in [1.82, 2.24) is 4.90 Å². The van der Waals surface area contributed by atoms with Gasteiger partial charge < -0.3 is 15.3 Å². The summed E-state index contributed by atoms with van der Waals surface area (Å²) in [5, 5.41) is 12.4. The molecule has 1 saturated heterocycles. The number of fused-ring (bicyclic) bond motifs is 1. The minimum Gasteiger partial charge on any atom is -0.481 e. The number of nitrogens with one attached hydrogen (secondary N) is 1. The van der Waals surface area contributed by atoms with E-state index in [0.717, 1.165) is 11.3 Å². The number of carbonyl (C=O) groups is 2. The summed E-state index contributed by atoms with van der Waals surface area (Å²) in [5.74, 6) is -1.23. The molecule has 2 aliphatic heterocycles. The second-order valence-corrected chi connectivity index (χ2v) is 5.72. The third kappa shape index (κ3) is 2.13. The first kappa shape index (κ1) is 13.0. The number of rotatable bonds is 2. The van der Waals surface area contributed by atoms with Gasteiger partial charge in [0.05, 0.1) is 5.92 Å². The van der Waals surface area contributed by atoms with Gasteiger partial charge in [-0.25, -0.2) is 0 Å². The van der Waals surface area contributed by atoms with Gasteiger partial charge in [-0.05, 0) is 17.5 Å². The maximum absolute atomic E-state index is 12.5. The Labute approximate surface area is 117 Å². The van der Waals surface area contributed by atoms with Crippen molar-refractivity contribution in [3.63, 3.8) is 0 Å². The molecule has 2 heterocycles. The zero-order valence-electron chi connectivity index (χ0n) is 11.4. The van der Waals surface area contributed by atoms with Gasteiger partial charge in [0.25, 0.3) is 0 Å². The molecule has 1 fully saturated rings. The van der Waals surface area contributed by atoms with Crippen molar-refractivity contribution in [2.45, 2.75) is 19.4 Å². The summed E-state index contributed by atoms with van der Waals surface area (Å²) in [4.78, 5) is 25.3. The topological polar surface area (TPSA) is 69.6 Å². The molecule has 1 aromatic rings. The summed E-state index contributed by atoms with van der Waals surface area (Å²) in [6.45, 7) is 2.75. The Morgan fingerprint density at radius 2 is 2.05 bits per heavy atom. The quantitative estimate of drug-likeness (QED) is 0.850. The highest BCUT2D eigenvalue weighted by molar-refractivity contribution is 5.88. The summed E-state index contributed by atoms with van der Waals surface area (Å²) in [7, 11) is 0. The molecule has 3 rings (SSSR count). The number of likely N-dealkylation sites (tertiary alicyclic amines) is 1. The molecule has 0 radical (unpaired) electrons. The summed E-state index contributed by atoms with van der Waals surface area (Å²) < 4.78 is 0. The van der Waals surface area contributed by atoms with Crippen LogP contribution in [-0.4, -0.2) is 41.0 Å². The highest BCUT2D eigenvalue weighted by atomic mass is 16.4. The number of carbonyl (C=O) groups excluding carboxylic acids is 1. The first-order chi connectivity index (χ1) is 9.56. The van der Waals surface area contributed by atoms with Crippen LogP contribution in [0.5, 0.6) is 0 Å². The average Bonchev–Trinajstić information content (AvgIpc) is 3.01. The van der Waals surface area contributed by atoms with E-state index in [1.807, 2.05) is 31.2 Å². The number of carboxylic acid groups (broad SMARTS) is 1. The minimum atomic E-state index is -0.810. The summed E-state index contributed by atoms with van der Waals surface area (Å²) in [6.07, 6.45) is 0.678. The van der Waals surface area contributed by atoms with Gasteiger partial charge in [-0.15, -0.1) is 0 Å². The molecule has 106 valence electrons. The van der Waals surface area contributed by atoms with Gasteiger partial charge in [0.15, 0.2) is 0 Å². The Morgan fingerprint density at radius 3 is 2.70 bits per heavy atom. The molecular weight excluding hydrogens is 256 g/mol. The number of benzene rings is 1. The van der Waals surface area contributed by atoms with Crippen LogP contribution in [0, 0.1) is 11.8 Å². The predicted octanol–water partition coefficient (Wildman–Crippen LogP) is 1.20. The minimum absolute atomic E-state index is 0.0109. The van der Waals surface area contributed by atoms with E-state index in [1.54, 1.807) is 4.90 Å². The molecule has 0 bridgehead atoms. The molecule has 0 saturated carbocycles. The smallest absolute Gasteiger partial charge is 0.308 e. The van der Waals surface area contributed by atoms with E-state index in [1.165, 1.54) is 0 Å². The van der Waals surface area contributed by atoms with E-state index in [2.05, 4.69) is 5.32 Å². The second-order valence-electron chi connectivity index (χ2n) is 5.72. The van der Waals surface area contributed by atoms with Crippen LogP contribution in [0.3, 0.4) is 0 Å². The number of hydrogen-bond donors (Lipinski definition) is 2. The standard InChI is InChI=1S/C15H18N2O3/c1-9-7-17(8-11(9)15(19)20)14(18)13-6-10-4-2-3-5-12(10)16-13/h2-5,9,11,13,16H,6-8H2,1H3,(H,19,20)/t9-,11-,13+/m1/s1. The molecular formula is C15H18N2O3. The molecule has 3 atom stereocenters. The van der Waals surface area contributed by atoms with Crippen molar-refractivity contribution in [1.29, 1.82) is 0 Å². The van der Waals surface area contributed by atoms with Crippen molar-refractivity contribution in [3.05, 3.63) is 29.8 Å².